The number of hydrogen-bond acceptors (Lipinski definition) is 4. The van der Waals surface area contributed by atoms with Crippen LogP contribution >= 0.6 is 0 Å². The largest absolute Gasteiger partial charge is 0.397 e. The van der Waals surface area contributed by atoms with Gasteiger partial charge in [-0.25, -0.2) is 4.79 Å². The summed E-state index contributed by atoms with van der Waals surface area (Å²) in [6, 6.07) is -1.20. The van der Waals surface area contributed by atoms with E-state index in [2.05, 4.69) is 10.1 Å². The van der Waals surface area contributed by atoms with Gasteiger partial charge in [-0.2, -0.15) is 8.42 Å². The van der Waals surface area contributed by atoms with E-state index in [1.165, 1.54) is 0 Å². The number of aliphatic hydroxyl groups excluding tert-OH is 1. The monoisotopic (exact) mass is 168 g/mol. The second-order valence-electron chi connectivity index (χ2n) is 0.963. The number of carbonyl (C=O) groups excluding carboxylic acids is 1. The topological polar surface area (TPSA) is 110 Å². The lowest BCUT2D eigenvalue weighted by atomic mass is 10.9. The Bertz CT molecular complexity index is 199. The quantitative estimate of drug-likeness (QED) is 0.489. The number of rotatable bonds is 0. The first-order valence-electron chi connectivity index (χ1n) is 2.26. The maximum Gasteiger partial charge on any atom is 0.353 e. The Kier molecular flexibility index (Phi) is 9.50. The molecule has 0 saturated carbocycles. The molecule has 0 spiro atoms. The fourth-order valence-electron chi connectivity index (χ4n) is 0.0735. The molecule has 3 N–H and O–H groups in total. The van der Waals surface area contributed by atoms with Crippen LogP contribution in [0.3, 0.4) is 0 Å². The minimum atomic E-state index is -2.70. The molecule has 60 valence electrons. The van der Waals surface area contributed by atoms with E-state index in [-0.39, 0.29) is 6.61 Å². The molecule has 0 unspecified atom stereocenters. The van der Waals surface area contributed by atoms with E-state index >= 15 is 0 Å². The molecular formula is C3H8N2O4S. The molecule has 0 atom stereocenters. The zero-order valence-corrected chi connectivity index (χ0v) is 6.13. The lowest BCUT2D eigenvalue weighted by Crippen LogP contribution is -2.02. The summed E-state index contributed by atoms with van der Waals surface area (Å²) in [6.45, 7) is 1.93. The summed E-state index contributed by atoms with van der Waals surface area (Å²) in [5.41, 5.74) is 4.29. The smallest absolute Gasteiger partial charge is 0.353 e. The summed E-state index contributed by atoms with van der Waals surface area (Å²) in [6.07, 6.45) is 0. The van der Waals surface area contributed by atoms with Crippen LogP contribution in [0.2, 0.25) is 0 Å². The van der Waals surface area contributed by atoms with Crippen LogP contribution in [-0.4, -0.2) is 26.2 Å². The van der Waals surface area contributed by atoms with Crippen molar-refractivity contribution in [2.45, 2.75) is 6.92 Å². The van der Waals surface area contributed by atoms with Crippen LogP contribution in [0.25, 0.3) is 0 Å². The summed E-state index contributed by atoms with van der Waals surface area (Å²) in [4.78, 5) is 9.47. The van der Waals surface area contributed by atoms with Crippen LogP contribution in [-0.2, 0) is 10.5 Å². The van der Waals surface area contributed by atoms with E-state index in [0.717, 1.165) is 0 Å². The molecule has 6 nitrogen and oxygen atoms in total. The van der Waals surface area contributed by atoms with Crippen molar-refractivity contribution in [1.29, 1.82) is 0 Å². The van der Waals surface area contributed by atoms with Gasteiger partial charge in [0.15, 0.2) is 0 Å². The summed E-state index contributed by atoms with van der Waals surface area (Å²) < 4.78 is 21.0. The molecule has 0 aromatic rings. The highest BCUT2D eigenvalue weighted by atomic mass is 32.2. The fraction of sp³-hybridized carbons (Fsp3) is 0.667. The molecule has 0 rings (SSSR count). The number of hydrogen-bond donors (Lipinski definition) is 2. The van der Waals surface area contributed by atoms with Crippen molar-refractivity contribution in [3.63, 3.8) is 0 Å². The van der Waals surface area contributed by atoms with Crippen molar-refractivity contribution < 1.29 is 18.3 Å². The van der Waals surface area contributed by atoms with Crippen molar-refractivity contribution in [3.8, 4) is 0 Å². The highest BCUT2D eigenvalue weighted by Gasteiger charge is 1.80. The van der Waals surface area contributed by atoms with Gasteiger partial charge < -0.3 is 10.8 Å². The van der Waals surface area contributed by atoms with Gasteiger partial charge in [-0.1, -0.05) is 4.36 Å². The normalized spacial score (nSPS) is 7.00. The number of urea groups is 1. The van der Waals surface area contributed by atoms with Gasteiger partial charge in [0.05, 0.1) is 0 Å². The number of amides is 2. The number of nitrogens with zero attached hydrogens (tertiary/aromatic N) is 1. The minimum absolute atomic E-state index is 0.250. The molecule has 7 heteroatoms. The number of aliphatic hydroxyl groups is 1. The van der Waals surface area contributed by atoms with Crippen LogP contribution in [0.15, 0.2) is 4.36 Å². The Morgan fingerprint density at radius 2 is 2.00 bits per heavy atom. The summed E-state index contributed by atoms with van der Waals surface area (Å²) in [5.74, 6) is 0. The SMILES string of the molecule is CCO.NC(=O)N=S(=O)=O. The summed E-state index contributed by atoms with van der Waals surface area (Å²) in [5, 5.41) is 7.57. The van der Waals surface area contributed by atoms with Crippen LogP contribution in [0.5, 0.6) is 0 Å². The third kappa shape index (κ3) is 27.7. The van der Waals surface area contributed by atoms with E-state index in [4.69, 9.17) is 5.11 Å². The molecule has 0 aliphatic rings. The molecule has 2 amide bonds. The minimum Gasteiger partial charge on any atom is -0.397 e. The van der Waals surface area contributed by atoms with Crippen LogP contribution in [0.1, 0.15) is 6.92 Å². The Labute approximate surface area is 59.4 Å². The van der Waals surface area contributed by atoms with Crippen molar-refractivity contribution >= 4 is 16.5 Å². The van der Waals surface area contributed by atoms with Crippen LogP contribution in [0.4, 0.5) is 4.79 Å². The standard InChI is InChI=1S/C2H6O.CH2N2O3S/c1-2-3;2-1(4)3-7(5)6/h3H,2H2,1H3;(H2,2,4). The first-order valence-corrected chi connectivity index (χ1v) is 3.29. The molecular weight excluding hydrogens is 160 g/mol. The molecule has 0 saturated heterocycles. The second-order valence-corrected chi connectivity index (χ2v) is 1.58. The molecule has 10 heavy (non-hydrogen) atoms. The molecule has 0 aromatic carbocycles. The van der Waals surface area contributed by atoms with Crippen LogP contribution < -0.4 is 5.73 Å². The van der Waals surface area contributed by atoms with Crippen molar-refractivity contribution in [1.82, 2.24) is 0 Å². The molecule has 0 heterocycles. The Morgan fingerprint density at radius 3 is 2.00 bits per heavy atom. The second kappa shape index (κ2) is 8.05. The van der Waals surface area contributed by atoms with Gasteiger partial charge in [0.1, 0.15) is 0 Å². The molecule has 0 fully saturated rings. The van der Waals surface area contributed by atoms with Gasteiger partial charge in [-0.3, -0.25) is 0 Å². The third-order valence-corrected chi connectivity index (χ3v) is 0.494. The highest BCUT2D eigenvalue weighted by molar-refractivity contribution is 7.62. The van der Waals surface area contributed by atoms with Crippen molar-refractivity contribution in [2.24, 2.45) is 10.1 Å². The predicted molar refractivity (Wildman–Crippen MR) is 33.7 cm³/mol. The first-order chi connectivity index (χ1) is 4.54. The highest BCUT2D eigenvalue weighted by Crippen LogP contribution is 1.60. The maximum atomic E-state index is 9.47. The van der Waals surface area contributed by atoms with Gasteiger partial charge in [0, 0.05) is 6.61 Å². The zero-order chi connectivity index (χ0) is 8.57. The van der Waals surface area contributed by atoms with E-state index in [1.807, 2.05) is 0 Å². The maximum absolute atomic E-state index is 9.47. The number of carbonyl (C=O) groups is 1. The molecule has 0 aliphatic heterocycles. The molecule has 0 bridgehead atoms. The predicted octanol–water partition coefficient (Wildman–Crippen LogP) is -0.874. The van der Waals surface area contributed by atoms with Crippen LogP contribution in [0, 0.1) is 0 Å². The average molecular weight is 168 g/mol. The van der Waals surface area contributed by atoms with E-state index < -0.39 is 16.5 Å². The summed E-state index contributed by atoms with van der Waals surface area (Å²) in [7, 11) is -2.70. The van der Waals surface area contributed by atoms with E-state index in [9.17, 15) is 13.2 Å². The molecule has 0 aromatic heterocycles. The van der Waals surface area contributed by atoms with Gasteiger partial charge in [-0.05, 0) is 6.92 Å². The van der Waals surface area contributed by atoms with Crippen molar-refractivity contribution in [3.05, 3.63) is 0 Å². The summed E-state index contributed by atoms with van der Waals surface area (Å²) >= 11 is 0. The van der Waals surface area contributed by atoms with Crippen molar-refractivity contribution in [2.75, 3.05) is 6.61 Å². The number of nitrogens with two attached hydrogens (primary N) is 1. The lowest BCUT2D eigenvalue weighted by Gasteiger charge is -1.64. The van der Waals surface area contributed by atoms with Gasteiger partial charge in [0.2, 0.25) is 0 Å². The Morgan fingerprint density at radius 1 is 1.70 bits per heavy atom. The Balaban J connectivity index is 0. The Hall–Kier alpha value is -0.950. The zero-order valence-electron chi connectivity index (χ0n) is 5.31. The first kappa shape index (κ1) is 11.8. The third-order valence-electron chi connectivity index (χ3n) is 0.165. The molecule has 0 aliphatic carbocycles. The van der Waals surface area contributed by atoms with E-state index in [0.29, 0.717) is 0 Å². The fourth-order valence-corrected chi connectivity index (χ4v) is 0.220. The van der Waals surface area contributed by atoms with Gasteiger partial charge >= 0.3 is 16.5 Å². The van der Waals surface area contributed by atoms with Gasteiger partial charge in [0.25, 0.3) is 0 Å². The van der Waals surface area contributed by atoms with E-state index in [1.54, 1.807) is 6.92 Å². The number of primary amides is 1. The lowest BCUT2D eigenvalue weighted by molar-refractivity contribution is 0.257. The molecule has 0 radical (unpaired) electrons. The van der Waals surface area contributed by atoms with Gasteiger partial charge in [-0.15, -0.1) is 0 Å². The average Bonchev–Trinajstić information content (AvgIpc) is 1.62.